The number of alkyl carbamates (subject to hydrolysis) is 1. The largest absolute Gasteiger partial charge is 0.450 e. The molecule has 0 aromatic carbocycles. The lowest BCUT2D eigenvalue weighted by Gasteiger charge is -2.09. The molecule has 2 N–H and O–H groups in total. The molecular formula is C9H9Cl2N3O2S. The third-order valence-electron chi connectivity index (χ3n) is 1.53. The molecule has 8 heteroatoms. The summed E-state index contributed by atoms with van der Waals surface area (Å²) in [6.45, 7) is 1.94. The van der Waals surface area contributed by atoms with Crippen molar-refractivity contribution in [2.24, 2.45) is 0 Å². The van der Waals surface area contributed by atoms with E-state index >= 15 is 0 Å². The maximum atomic E-state index is 11.1. The molecule has 0 unspecified atom stereocenters. The van der Waals surface area contributed by atoms with E-state index in [9.17, 15) is 4.79 Å². The van der Waals surface area contributed by atoms with Gasteiger partial charge in [-0.1, -0.05) is 23.2 Å². The van der Waals surface area contributed by atoms with E-state index in [0.29, 0.717) is 5.02 Å². The van der Waals surface area contributed by atoms with Crippen LogP contribution in [0.2, 0.25) is 10.2 Å². The lowest BCUT2D eigenvalue weighted by atomic mass is 10.4. The Hall–Kier alpha value is -1.11. The Labute approximate surface area is 113 Å². The van der Waals surface area contributed by atoms with Gasteiger partial charge in [-0.05, 0) is 31.3 Å². The van der Waals surface area contributed by atoms with Crippen LogP contribution in [0.1, 0.15) is 6.92 Å². The van der Waals surface area contributed by atoms with Crippen LogP contribution >= 0.6 is 35.4 Å². The minimum Gasteiger partial charge on any atom is -0.450 e. The molecular weight excluding hydrogens is 285 g/mol. The average Bonchev–Trinajstić information content (AvgIpc) is 2.23. The molecule has 1 aromatic rings. The van der Waals surface area contributed by atoms with Gasteiger partial charge in [0.2, 0.25) is 0 Å². The summed E-state index contributed by atoms with van der Waals surface area (Å²) < 4.78 is 4.65. The quantitative estimate of drug-likeness (QED) is 0.648. The Bertz CT molecular complexity index is 442. The number of nitrogens with one attached hydrogen (secondary N) is 2. The van der Waals surface area contributed by atoms with Gasteiger partial charge in [0.25, 0.3) is 0 Å². The Morgan fingerprint density at radius 3 is 2.88 bits per heavy atom. The van der Waals surface area contributed by atoms with E-state index in [1.54, 1.807) is 13.0 Å². The van der Waals surface area contributed by atoms with E-state index in [4.69, 9.17) is 35.4 Å². The molecule has 0 saturated carbocycles. The average molecular weight is 294 g/mol. The monoisotopic (exact) mass is 293 g/mol. The topological polar surface area (TPSA) is 63.2 Å². The maximum absolute atomic E-state index is 11.1. The smallest absolute Gasteiger partial charge is 0.413 e. The second-order valence-electron chi connectivity index (χ2n) is 2.76. The molecule has 0 bridgehead atoms. The minimum absolute atomic E-state index is 0.0279. The molecule has 0 radical (unpaired) electrons. The molecule has 1 rings (SSSR count). The third kappa shape index (κ3) is 4.72. The molecule has 0 fully saturated rings. The summed E-state index contributed by atoms with van der Waals surface area (Å²) in [5.74, 6) is 0.265. The van der Waals surface area contributed by atoms with Crippen LogP contribution in [0.25, 0.3) is 0 Å². The lowest BCUT2D eigenvalue weighted by molar-refractivity contribution is 0.158. The zero-order valence-corrected chi connectivity index (χ0v) is 11.1. The summed E-state index contributed by atoms with van der Waals surface area (Å²) in [4.78, 5) is 15.0. The normalized spacial score (nSPS) is 9.59. The van der Waals surface area contributed by atoms with Crippen LogP contribution in [0.15, 0.2) is 12.1 Å². The zero-order valence-electron chi connectivity index (χ0n) is 8.79. The molecule has 0 spiro atoms. The number of rotatable bonds is 2. The number of amides is 1. The first-order valence-corrected chi connectivity index (χ1v) is 5.76. The highest BCUT2D eigenvalue weighted by Gasteiger charge is 2.08. The first-order valence-electron chi connectivity index (χ1n) is 4.59. The van der Waals surface area contributed by atoms with E-state index < -0.39 is 6.09 Å². The summed E-state index contributed by atoms with van der Waals surface area (Å²) >= 11 is 16.4. The predicted molar refractivity (Wildman–Crippen MR) is 70.6 cm³/mol. The van der Waals surface area contributed by atoms with Crippen molar-refractivity contribution < 1.29 is 9.53 Å². The summed E-state index contributed by atoms with van der Waals surface area (Å²) in [6.07, 6.45) is -0.650. The number of anilines is 1. The number of nitrogens with zero attached hydrogens (tertiary/aromatic N) is 1. The summed E-state index contributed by atoms with van der Waals surface area (Å²) in [5, 5.41) is 5.55. The molecule has 0 aliphatic carbocycles. The number of thiocarbonyl (C=S) groups is 1. The fourth-order valence-electron chi connectivity index (χ4n) is 0.905. The highest BCUT2D eigenvalue weighted by atomic mass is 35.5. The molecule has 1 amide bonds. The third-order valence-corrected chi connectivity index (χ3v) is 2.25. The second kappa shape index (κ2) is 6.58. The first-order chi connectivity index (χ1) is 8.02. The van der Waals surface area contributed by atoms with Crippen molar-refractivity contribution >= 4 is 52.4 Å². The zero-order chi connectivity index (χ0) is 12.8. The molecule has 0 atom stereocenters. The van der Waals surface area contributed by atoms with Crippen LogP contribution in [0.4, 0.5) is 10.6 Å². The number of pyridine rings is 1. The Balaban J connectivity index is 2.62. The van der Waals surface area contributed by atoms with Crippen LogP contribution in [-0.2, 0) is 4.74 Å². The van der Waals surface area contributed by atoms with Gasteiger partial charge in [0.05, 0.1) is 11.6 Å². The summed E-state index contributed by atoms with van der Waals surface area (Å²) in [6, 6.07) is 3.10. The minimum atomic E-state index is -0.650. The van der Waals surface area contributed by atoms with Gasteiger partial charge in [0.15, 0.2) is 10.9 Å². The summed E-state index contributed by atoms with van der Waals surface area (Å²) in [5.41, 5.74) is 0. The van der Waals surface area contributed by atoms with Crippen LogP contribution in [0.3, 0.4) is 0 Å². The maximum Gasteiger partial charge on any atom is 0.413 e. The van der Waals surface area contributed by atoms with E-state index in [0.717, 1.165) is 0 Å². The number of aromatic nitrogens is 1. The number of halogens is 2. The number of carbonyl (C=O) groups excluding carboxylic acids is 1. The number of hydrogen-bond acceptors (Lipinski definition) is 4. The van der Waals surface area contributed by atoms with Gasteiger partial charge in [0.1, 0.15) is 5.15 Å². The van der Waals surface area contributed by atoms with Gasteiger partial charge in [-0.25, -0.2) is 9.78 Å². The lowest BCUT2D eigenvalue weighted by Crippen LogP contribution is -2.34. The molecule has 92 valence electrons. The molecule has 0 aliphatic heterocycles. The van der Waals surface area contributed by atoms with Gasteiger partial charge >= 0.3 is 6.09 Å². The molecule has 1 aromatic heterocycles. The fourth-order valence-corrected chi connectivity index (χ4v) is 1.38. The van der Waals surface area contributed by atoms with Gasteiger partial charge in [-0.2, -0.15) is 0 Å². The van der Waals surface area contributed by atoms with Crippen LogP contribution in [-0.4, -0.2) is 22.8 Å². The van der Waals surface area contributed by atoms with Gasteiger partial charge in [-0.15, -0.1) is 0 Å². The van der Waals surface area contributed by atoms with Crippen molar-refractivity contribution in [2.45, 2.75) is 6.92 Å². The molecule has 17 heavy (non-hydrogen) atoms. The van der Waals surface area contributed by atoms with Crippen LogP contribution in [0.5, 0.6) is 0 Å². The fraction of sp³-hybridized carbons (Fsp3) is 0.222. The summed E-state index contributed by atoms with van der Waals surface area (Å²) in [7, 11) is 0. The van der Waals surface area contributed by atoms with E-state index in [2.05, 4.69) is 20.4 Å². The van der Waals surface area contributed by atoms with E-state index in [1.165, 1.54) is 6.07 Å². The second-order valence-corrected chi connectivity index (χ2v) is 3.97. The Morgan fingerprint density at radius 1 is 1.53 bits per heavy atom. The van der Waals surface area contributed by atoms with Crippen LogP contribution < -0.4 is 10.6 Å². The Kier molecular flexibility index (Phi) is 5.40. The van der Waals surface area contributed by atoms with Crippen molar-refractivity contribution in [2.75, 3.05) is 11.9 Å². The molecule has 0 aliphatic rings. The van der Waals surface area contributed by atoms with Crippen molar-refractivity contribution in [3.8, 4) is 0 Å². The van der Waals surface area contributed by atoms with Crippen molar-refractivity contribution in [1.29, 1.82) is 0 Å². The van der Waals surface area contributed by atoms with Gasteiger partial charge < -0.3 is 10.1 Å². The van der Waals surface area contributed by atoms with Gasteiger partial charge in [0, 0.05) is 0 Å². The molecule has 1 heterocycles. The number of carbonyl (C=O) groups is 1. The number of hydrogen-bond donors (Lipinski definition) is 2. The van der Waals surface area contributed by atoms with Crippen molar-refractivity contribution in [3.63, 3.8) is 0 Å². The van der Waals surface area contributed by atoms with Gasteiger partial charge in [-0.3, -0.25) is 5.32 Å². The van der Waals surface area contributed by atoms with E-state index in [-0.39, 0.29) is 22.7 Å². The molecule has 0 saturated heterocycles. The van der Waals surface area contributed by atoms with E-state index in [1.807, 2.05) is 0 Å². The first kappa shape index (κ1) is 14.0. The predicted octanol–water partition coefficient (Wildman–Crippen LogP) is 2.83. The van der Waals surface area contributed by atoms with Crippen LogP contribution in [0, 0.1) is 0 Å². The standard InChI is InChI=1S/C9H9Cl2N3O2S/c1-2-16-9(15)14-8(17)13-7-5(10)3-4-6(11)12-7/h3-4H,2H2,1H3,(H2,12,13,14,15,17). The highest BCUT2D eigenvalue weighted by Crippen LogP contribution is 2.21. The number of ether oxygens (including phenoxy) is 1. The molecule has 5 nitrogen and oxygen atoms in total. The Morgan fingerprint density at radius 2 is 2.24 bits per heavy atom. The highest BCUT2D eigenvalue weighted by molar-refractivity contribution is 7.80. The SMILES string of the molecule is CCOC(=O)NC(=S)Nc1nc(Cl)ccc1Cl. The van der Waals surface area contributed by atoms with Crippen molar-refractivity contribution in [3.05, 3.63) is 22.3 Å². The van der Waals surface area contributed by atoms with Crippen molar-refractivity contribution in [1.82, 2.24) is 10.3 Å².